The number of ether oxygens (including phenoxy) is 2. The van der Waals surface area contributed by atoms with Crippen molar-refractivity contribution >= 4 is 33.3 Å². The molecule has 140 valence electrons. The molecular formula is C19H22FNO4S. The predicted molar refractivity (Wildman–Crippen MR) is 97.8 cm³/mol. The molecule has 1 aliphatic heterocycles. The van der Waals surface area contributed by atoms with Gasteiger partial charge in [-0.2, -0.15) is 0 Å². The summed E-state index contributed by atoms with van der Waals surface area (Å²) in [6.45, 7) is 2.50. The van der Waals surface area contributed by atoms with Crippen LogP contribution < -0.4 is 0 Å². The molecule has 5 nitrogen and oxygen atoms in total. The summed E-state index contributed by atoms with van der Waals surface area (Å²) in [6.07, 6.45) is 3.04. The summed E-state index contributed by atoms with van der Waals surface area (Å²) >= 11 is 1.15. The van der Waals surface area contributed by atoms with Crippen molar-refractivity contribution in [2.75, 3.05) is 20.3 Å². The minimum absolute atomic E-state index is 0.0997. The Morgan fingerprint density at radius 1 is 1.35 bits per heavy atom. The fourth-order valence-electron chi connectivity index (χ4n) is 3.36. The van der Waals surface area contributed by atoms with Crippen LogP contribution >= 0.6 is 11.3 Å². The molecule has 0 spiro atoms. The second-order valence-corrected chi connectivity index (χ2v) is 7.52. The molecule has 1 saturated heterocycles. The number of nitrogens with zero attached hydrogens (tertiary/aromatic N) is 1. The number of halogens is 1. The first kappa shape index (κ1) is 18.8. The Morgan fingerprint density at radius 2 is 2.15 bits per heavy atom. The summed E-state index contributed by atoms with van der Waals surface area (Å²) in [6, 6.07) is 4.86. The summed E-state index contributed by atoms with van der Waals surface area (Å²) in [4.78, 5) is 26.9. The second-order valence-electron chi connectivity index (χ2n) is 6.46. The Balaban J connectivity index is 1.76. The van der Waals surface area contributed by atoms with Crippen LogP contribution in [-0.2, 0) is 20.9 Å². The molecule has 1 amide bonds. The van der Waals surface area contributed by atoms with E-state index in [2.05, 4.69) is 0 Å². The number of likely N-dealkylation sites (tertiary alicyclic amines) is 1. The number of amides is 1. The Morgan fingerprint density at radius 3 is 2.88 bits per heavy atom. The second kappa shape index (κ2) is 8.14. The maximum atomic E-state index is 14.2. The van der Waals surface area contributed by atoms with E-state index in [9.17, 15) is 14.0 Å². The number of esters is 1. The van der Waals surface area contributed by atoms with Gasteiger partial charge in [0.05, 0.1) is 6.61 Å². The number of thiophene rings is 1. The predicted octanol–water partition coefficient (Wildman–Crippen LogP) is 3.74. The minimum Gasteiger partial charge on any atom is -0.451 e. The van der Waals surface area contributed by atoms with Crippen LogP contribution in [0.25, 0.3) is 10.1 Å². The van der Waals surface area contributed by atoms with Gasteiger partial charge in [-0.05, 0) is 38.3 Å². The third-order valence-corrected chi connectivity index (χ3v) is 5.86. The SMILES string of the molecule is COCc1c(C(=O)OCC(=O)N2CCCC[C@H]2C)sc2cccc(F)c12. The third kappa shape index (κ3) is 3.73. The van der Waals surface area contributed by atoms with E-state index < -0.39 is 11.8 Å². The average Bonchev–Trinajstić information content (AvgIpc) is 3.00. The molecule has 1 aromatic heterocycles. The Kier molecular flexibility index (Phi) is 5.88. The zero-order chi connectivity index (χ0) is 18.7. The number of hydrogen-bond acceptors (Lipinski definition) is 5. The van der Waals surface area contributed by atoms with Gasteiger partial charge in [-0.15, -0.1) is 11.3 Å². The molecule has 26 heavy (non-hydrogen) atoms. The fourth-order valence-corrected chi connectivity index (χ4v) is 4.47. The van der Waals surface area contributed by atoms with E-state index in [1.54, 1.807) is 17.0 Å². The number of piperidine rings is 1. The van der Waals surface area contributed by atoms with E-state index in [4.69, 9.17) is 9.47 Å². The van der Waals surface area contributed by atoms with Crippen LogP contribution in [0.15, 0.2) is 18.2 Å². The van der Waals surface area contributed by atoms with Crippen molar-refractivity contribution in [2.24, 2.45) is 0 Å². The largest absolute Gasteiger partial charge is 0.451 e. The van der Waals surface area contributed by atoms with Gasteiger partial charge in [0.25, 0.3) is 5.91 Å². The molecule has 0 N–H and O–H groups in total. The third-order valence-electron chi connectivity index (χ3n) is 4.69. The highest BCUT2D eigenvalue weighted by atomic mass is 32.1. The standard InChI is InChI=1S/C19H22FNO4S/c1-12-6-3-4-9-21(12)16(22)11-25-19(23)18-13(10-24-2)17-14(20)7-5-8-15(17)26-18/h5,7-8,12H,3-4,6,9-11H2,1-2H3/t12-/m1/s1. The molecule has 1 fully saturated rings. The van der Waals surface area contributed by atoms with Crippen LogP contribution in [0.4, 0.5) is 4.39 Å². The smallest absolute Gasteiger partial charge is 0.349 e. The van der Waals surface area contributed by atoms with E-state index in [0.29, 0.717) is 22.2 Å². The van der Waals surface area contributed by atoms with Gasteiger partial charge in [-0.25, -0.2) is 9.18 Å². The minimum atomic E-state index is -0.615. The van der Waals surface area contributed by atoms with Crippen molar-refractivity contribution in [3.05, 3.63) is 34.5 Å². The number of carbonyl (C=O) groups excluding carboxylic acids is 2. The van der Waals surface area contributed by atoms with Crippen LogP contribution in [0, 0.1) is 5.82 Å². The highest BCUT2D eigenvalue weighted by Gasteiger charge is 2.26. The van der Waals surface area contributed by atoms with Crippen molar-refractivity contribution in [2.45, 2.75) is 38.8 Å². The lowest BCUT2D eigenvalue weighted by molar-refractivity contribution is -0.137. The van der Waals surface area contributed by atoms with E-state index in [1.165, 1.54) is 13.2 Å². The molecule has 1 aromatic carbocycles. The van der Waals surface area contributed by atoms with E-state index in [-0.39, 0.29) is 30.0 Å². The molecule has 1 atom stereocenters. The molecule has 0 radical (unpaired) electrons. The number of methoxy groups -OCH3 is 1. The van der Waals surface area contributed by atoms with Crippen molar-refractivity contribution in [3.8, 4) is 0 Å². The zero-order valence-corrected chi connectivity index (χ0v) is 15.7. The van der Waals surface area contributed by atoms with E-state index in [1.807, 2.05) is 6.92 Å². The van der Waals surface area contributed by atoms with E-state index in [0.717, 1.165) is 30.6 Å². The van der Waals surface area contributed by atoms with Gasteiger partial charge in [0.15, 0.2) is 6.61 Å². The van der Waals surface area contributed by atoms with Crippen LogP contribution in [0.3, 0.4) is 0 Å². The fraction of sp³-hybridized carbons (Fsp3) is 0.474. The Hall–Kier alpha value is -1.99. The molecule has 0 aliphatic carbocycles. The number of benzene rings is 1. The lowest BCUT2D eigenvalue weighted by Crippen LogP contribution is -2.44. The topological polar surface area (TPSA) is 55.8 Å². The monoisotopic (exact) mass is 379 g/mol. The number of fused-ring (bicyclic) bond motifs is 1. The summed E-state index contributed by atoms with van der Waals surface area (Å²) in [5.41, 5.74) is 0.467. The molecule has 1 aliphatic rings. The highest BCUT2D eigenvalue weighted by molar-refractivity contribution is 7.21. The summed E-state index contributed by atoms with van der Waals surface area (Å²) in [7, 11) is 1.49. The molecule has 3 rings (SSSR count). The number of hydrogen-bond donors (Lipinski definition) is 0. The van der Waals surface area contributed by atoms with Gasteiger partial charge < -0.3 is 14.4 Å². The number of carbonyl (C=O) groups is 2. The van der Waals surface area contributed by atoms with Gasteiger partial charge in [-0.1, -0.05) is 6.07 Å². The quantitative estimate of drug-likeness (QED) is 0.743. The molecule has 7 heteroatoms. The molecular weight excluding hydrogens is 357 g/mol. The van der Waals surface area contributed by atoms with Crippen LogP contribution in [-0.4, -0.2) is 43.1 Å². The van der Waals surface area contributed by atoms with Crippen LogP contribution in [0.5, 0.6) is 0 Å². The van der Waals surface area contributed by atoms with Crippen molar-refractivity contribution < 1.29 is 23.5 Å². The molecule has 2 heterocycles. The molecule has 0 unspecified atom stereocenters. The van der Waals surface area contributed by atoms with E-state index >= 15 is 0 Å². The van der Waals surface area contributed by atoms with Crippen LogP contribution in [0.2, 0.25) is 0 Å². The lowest BCUT2D eigenvalue weighted by atomic mass is 10.0. The average molecular weight is 379 g/mol. The number of rotatable bonds is 5. The van der Waals surface area contributed by atoms with Crippen LogP contribution in [0.1, 0.15) is 41.4 Å². The van der Waals surface area contributed by atoms with Gasteiger partial charge in [0.2, 0.25) is 0 Å². The Labute approximate surface area is 155 Å². The van der Waals surface area contributed by atoms with Crippen molar-refractivity contribution in [1.82, 2.24) is 4.90 Å². The first-order chi connectivity index (χ1) is 12.5. The zero-order valence-electron chi connectivity index (χ0n) is 14.9. The summed E-state index contributed by atoms with van der Waals surface area (Å²) in [5.74, 6) is -1.20. The first-order valence-electron chi connectivity index (χ1n) is 8.68. The maximum absolute atomic E-state index is 14.2. The normalized spacial score (nSPS) is 17.5. The summed E-state index contributed by atoms with van der Waals surface area (Å²) < 4.78 is 25.2. The first-order valence-corrected chi connectivity index (χ1v) is 9.50. The van der Waals surface area contributed by atoms with Gasteiger partial charge in [-0.3, -0.25) is 4.79 Å². The molecule has 2 aromatic rings. The summed E-state index contributed by atoms with van der Waals surface area (Å²) in [5, 5.41) is 0.377. The van der Waals surface area contributed by atoms with Crippen molar-refractivity contribution in [3.63, 3.8) is 0 Å². The highest BCUT2D eigenvalue weighted by Crippen LogP contribution is 2.34. The Bertz CT molecular complexity index is 819. The van der Waals surface area contributed by atoms with Gasteiger partial charge in [0, 0.05) is 35.3 Å². The van der Waals surface area contributed by atoms with Gasteiger partial charge in [0.1, 0.15) is 10.7 Å². The van der Waals surface area contributed by atoms with Crippen molar-refractivity contribution in [1.29, 1.82) is 0 Å². The maximum Gasteiger partial charge on any atom is 0.349 e. The lowest BCUT2D eigenvalue weighted by Gasteiger charge is -2.33. The molecule has 0 saturated carbocycles. The molecule has 0 bridgehead atoms. The van der Waals surface area contributed by atoms with Gasteiger partial charge >= 0.3 is 5.97 Å².